The Hall–Kier alpha value is -1.89. The fraction of sp³-hybridized carbons (Fsp3) is 0.571. The van der Waals surface area contributed by atoms with E-state index in [4.69, 9.17) is 9.47 Å². The first-order chi connectivity index (χ1) is 16.8. The summed E-state index contributed by atoms with van der Waals surface area (Å²) in [7, 11) is -1.19. The van der Waals surface area contributed by atoms with Gasteiger partial charge in [0.05, 0.1) is 33.8 Å². The van der Waals surface area contributed by atoms with Crippen LogP contribution in [0.4, 0.5) is 0 Å². The van der Waals surface area contributed by atoms with E-state index in [0.29, 0.717) is 13.2 Å². The molecule has 2 saturated heterocycles. The topological polar surface area (TPSA) is 42.0 Å². The number of hydrogen-bond donors (Lipinski definition) is 0. The maximum Gasteiger partial charge on any atom is 0.120 e. The van der Waals surface area contributed by atoms with E-state index in [-0.39, 0.29) is 0 Å². The zero-order chi connectivity index (χ0) is 23.2. The molecule has 0 bridgehead atoms. The zero-order valence-electron chi connectivity index (χ0n) is 20.3. The lowest BCUT2D eigenvalue weighted by molar-refractivity contribution is 0.205. The third kappa shape index (κ3) is 5.84. The number of nitrogens with zero attached hydrogens (tertiary/aromatic N) is 2. The molecule has 0 saturated carbocycles. The van der Waals surface area contributed by atoms with Gasteiger partial charge in [0.1, 0.15) is 11.5 Å². The number of fused-ring (bicyclic) bond motifs is 3. The third-order valence-electron chi connectivity index (χ3n) is 7.27. The summed E-state index contributed by atoms with van der Waals surface area (Å²) in [6, 6.07) is 12.1. The lowest BCUT2D eigenvalue weighted by Crippen LogP contribution is -2.31. The summed E-state index contributed by atoms with van der Waals surface area (Å²) in [6.07, 6.45) is 10.1. The van der Waals surface area contributed by atoms with E-state index >= 15 is 0 Å². The van der Waals surface area contributed by atoms with E-state index in [1.165, 1.54) is 64.7 Å². The van der Waals surface area contributed by atoms with Crippen molar-refractivity contribution in [3.63, 3.8) is 0 Å². The predicted octanol–water partition coefficient (Wildman–Crippen LogP) is 5.34. The van der Waals surface area contributed by atoms with Crippen molar-refractivity contribution in [2.75, 3.05) is 52.5 Å². The third-order valence-corrected chi connectivity index (χ3v) is 8.74. The average Bonchev–Trinajstić information content (AvgIpc) is 3.16. The molecule has 34 heavy (non-hydrogen) atoms. The molecule has 0 amide bonds. The Balaban J connectivity index is 1.12. The van der Waals surface area contributed by atoms with Crippen LogP contribution in [-0.4, -0.2) is 66.5 Å². The largest absolute Gasteiger partial charge is 0.494 e. The van der Waals surface area contributed by atoms with Crippen LogP contribution in [0.3, 0.4) is 0 Å². The second kappa shape index (κ2) is 11.7. The van der Waals surface area contributed by atoms with Gasteiger partial charge in [-0.2, -0.15) is 0 Å². The summed E-state index contributed by atoms with van der Waals surface area (Å²) >= 11 is 0. The quantitative estimate of drug-likeness (QED) is 0.365. The molecule has 3 aliphatic rings. The van der Waals surface area contributed by atoms with Gasteiger partial charge in [-0.15, -0.1) is 0 Å². The number of likely N-dealkylation sites (tertiary alicyclic amines) is 2. The van der Waals surface area contributed by atoms with Crippen LogP contribution in [0, 0.1) is 0 Å². The molecule has 0 aliphatic carbocycles. The molecule has 0 radical (unpaired) electrons. The molecule has 0 spiro atoms. The summed E-state index contributed by atoms with van der Waals surface area (Å²) in [5, 5.41) is 0. The first-order valence-corrected chi connectivity index (χ1v) is 14.3. The molecule has 0 unspecified atom stereocenters. The lowest BCUT2D eigenvalue weighted by Gasteiger charge is -2.26. The van der Waals surface area contributed by atoms with Gasteiger partial charge in [0, 0.05) is 13.1 Å². The molecule has 5 nitrogen and oxygen atoms in total. The molecule has 2 fully saturated rings. The van der Waals surface area contributed by atoms with Crippen molar-refractivity contribution in [3.05, 3.63) is 36.4 Å². The second-order valence-electron chi connectivity index (χ2n) is 9.79. The van der Waals surface area contributed by atoms with Gasteiger partial charge >= 0.3 is 0 Å². The Labute approximate surface area is 206 Å². The Morgan fingerprint density at radius 1 is 0.647 bits per heavy atom. The number of piperidine rings is 2. The van der Waals surface area contributed by atoms with Crippen LogP contribution in [0.25, 0.3) is 11.1 Å². The van der Waals surface area contributed by atoms with Gasteiger partial charge in [0.15, 0.2) is 0 Å². The molecule has 184 valence electrons. The van der Waals surface area contributed by atoms with E-state index in [1.54, 1.807) is 0 Å². The smallest absolute Gasteiger partial charge is 0.120 e. The molecular formula is C28H38N2O3S. The van der Waals surface area contributed by atoms with Crippen LogP contribution >= 0.6 is 0 Å². The van der Waals surface area contributed by atoms with Gasteiger partial charge in [-0.1, -0.05) is 12.8 Å². The van der Waals surface area contributed by atoms with Crippen molar-refractivity contribution in [2.45, 2.75) is 61.2 Å². The first kappa shape index (κ1) is 23.8. The van der Waals surface area contributed by atoms with Gasteiger partial charge in [-0.05, 0) is 112 Å². The van der Waals surface area contributed by atoms with Crippen molar-refractivity contribution in [1.29, 1.82) is 0 Å². The summed E-state index contributed by atoms with van der Waals surface area (Å²) in [6.45, 7) is 8.49. The predicted molar refractivity (Wildman–Crippen MR) is 137 cm³/mol. The number of hydrogen-bond acceptors (Lipinski definition) is 5. The van der Waals surface area contributed by atoms with Crippen LogP contribution in [-0.2, 0) is 10.8 Å². The minimum absolute atomic E-state index is 0.699. The van der Waals surface area contributed by atoms with Crippen molar-refractivity contribution in [2.24, 2.45) is 0 Å². The minimum Gasteiger partial charge on any atom is -0.494 e. The van der Waals surface area contributed by atoms with Gasteiger partial charge < -0.3 is 19.3 Å². The SMILES string of the molecule is O=S1c2cc(OCCCN3CCCCC3)ccc2-c2ccc(OCCCN3CCCCC3)cc21. The fourth-order valence-corrected chi connectivity index (χ4v) is 6.82. The van der Waals surface area contributed by atoms with Crippen LogP contribution in [0.15, 0.2) is 46.2 Å². The average molecular weight is 483 g/mol. The molecule has 0 atom stereocenters. The van der Waals surface area contributed by atoms with Gasteiger partial charge in [0.2, 0.25) is 0 Å². The van der Waals surface area contributed by atoms with Crippen molar-refractivity contribution in [3.8, 4) is 22.6 Å². The molecular weight excluding hydrogens is 444 g/mol. The highest BCUT2D eigenvalue weighted by atomic mass is 32.2. The Bertz CT molecular complexity index is 906. The van der Waals surface area contributed by atoms with E-state index in [9.17, 15) is 4.21 Å². The maximum atomic E-state index is 13.3. The molecule has 2 aromatic rings. The molecule has 0 aromatic heterocycles. The second-order valence-corrected chi connectivity index (χ2v) is 11.2. The Morgan fingerprint density at radius 2 is 1.09 bits per heavy atom. The lowest BCUT2D eigenvalue weighted by atomic mass is 10.1. The van der Waals surface area contributed by atoms with Crippen LogP contribution in [0.5, 0.6) is 11.5 Å². The minimum atomic E-state index is -1.19. The monoisotopic (exact) mass is 482 g/mol. The normalized spacial score (nSPS) is 19.1. The van der Waals surface area contributed by atoms with Crippen LogP contribution in [0.2, 0.25) is 0 Å². The highest BCUT2D eigenvalue weighted by molar-refractivity contribution is 7.85. The fourth-order valence-electron chi connectivity index (χ4n) is 5.38. The van der Waals surface area contributed by atoms with Crippen molar-refractivity contribution < 1.29 is 13.7 Å². The number of rotatable bonds is 10. The Morgan fingerprint density at radius 3 is 1.53 bits per heavy atom. The van der Waals surface area contributed by atoms with Crippen LogP contribution < -0.4 is 9.47 Å². The van der Waals surface area contributed by atoms with Gasteiger partial charge in [-0.3, -0.25) is 0 Å². The van der Waals surface area contributed by atoms with E-state index < -0.39 is 10.8 Å². The summed E-state index contributed by atoms with van der Waals surface area (Å²) in [5.74, 6) is 1.63. The summed E-state index contributed by atoms with van der Waals surface area (Å²) in [4.78, 5) is 6.78. The van der Waals surface area contributed by atoms with Gasteiger partial charge in [-0.25, -0.2) is 4.21 Å². The standard InChI is InChI=1S/C28H38N2O3S/c31-34-27-21-23(32-19-7-17-29-13-3-1-4-14-29)9-11-25(27)26-12-10-24(22-28(26)34)33-20-8-18-30-15-5-2-6-16-30/h9-12,21-22H,1-8,13-20H2. The molecule has 5 rings (SSSR count). The molecule has 6 heteroatoms. The van der Waals surface area contributed by atoms with Crippen LogP contribution in [0.1, 0.15) is 51.4 Å². The maximum absolute atomic E-state index is 13.3. The highest BCUT2D eigenvalue weighted by Gasteiger charge is 2.26. The Kier molecular flexibility index (Phi) is 8.20. The summed E-state index contributed by atoms with van der Waals surface area (Å²) < 4.78 is 25.3. The molecule has 3 heterocycles. The van der Waals surface area contributed by atoms with Crippen molar-refractivity contribution >= 4 is 10.8 Å². The van der Waals surface area contributed by atoms with Gasteiger partial charge in [0.25, 0.3) is 0 Å². The number of benzene rings is 2. The van der Waals surface area contributed by atoms with E-state index in [0.717, 1.165) is 58.3 Å². The van der Waals surface area contributed by atoms with Crippen molar-refractivity contribution in [1.82, 2.24) is 9.80 Å². The van der Waals surface area contributed by atoms with E-state index in [2.05, 4.69) is 21.9 Å². The summed E-state index contributed by atoms with van der Waals surface area (Å²) in [5.41, 5.74) is 2.09. The zero-order valence-corrected chi connectivity index (χ0v) is 21.1. The molecule has 0 N–H and O–H groups in total. The molecule has 2 aromatic carbocycles. The highest BCUT2D eigenvalue weighted by Crippen LogP contribution is 2.43. The number of ether oxygens (including phenoxy) is 2. The first-order valence-electron chi connectivity index (χ1n) is 13.2. The van der Waals surface area contributed by atoms with E-state index in [1.807, 2.05) is 24.3 Å². The molecule has 3 aliphatic heterocycles.